The molecule has 3 heteroatoms. The van der Waals surface area contributed by atoms with E-state index in [1.165, 1.54) is 49.4 Å². The van der Waals surface area contributed by atoms with Gasteiger partial charge in [0.1, 0.15) is 0 Å². The van der Waals surface area contributed by atoms with E-state index in [-0.39, 0.29) is 0 Å². The fourth-order valence-electron chi connectivity index (χ4n) is 2.93. The molecule has 1 aromatic rings. The summed E-state index contributed by atoms with van der Waals surface area (Å²) >= 11 is 1.84. The van der Waals surface area contributed by atoms with E-state index in [0.29, 0.717) is 6.04 Å². The van der Waals surface area contributed by atoms with E-state index in [1.54, 1.807) is 0 Å². The SMILES string of the molecule is Cc1csc(CC2CCCCC2CNC(C)C)n1. The van der Waals surface area contributed by atoms with Crippen LogP contribution in [0.25, 0.3) is 0 Å². The number of aromatic nitrogens is 1. The van der Waals surface area contributed by atoms with Gasteiger partial charge in [0.2, 0.25) is 0 Å². The number of nitrogens with one attached hydrogen (secondary N) is 1. The Morgan fingerprint density at radius 2 is 2.06 bits per heavy atom. The minimum Gasteiger partial charge on any atom is -0.314 e. The molecular formula is C15H26N2S. The Hall–Kier alpha value is -0.410. The van der Waals surface area contributed by atoms with E-state index in [0.717, 1.165) is 11.8 Å². The van der Waals surface area contributed by atoms with Gasteiger partial charge in [-0.15, -0.1) is 11.3 Å². The van der Waals surface area contributed by atoms with Crippen molar-refractivity contribution in [3.63, 3.8) is 0 Å². The van der Waals surface area contributed by atoms with Crippen LogP contribution in [-0.2, 0) is 6.42 Å². The first-order chi connectivity index (χ1) is 8.65. The minimum atomic E-state index is 0.606. The van der Waals surface area contributed by atoms with Gasteiger partial charge in [0.15, 0.2) is 0 Å². The molecule has 18 heavy (non-hydrogen) atoms. The second-order valence-corrected chi connectivity index (χ2v) is 6.90. The lowest BCUT2D eigenvalue weighted by atomic mass is 9.77. The van der Waals surface area contributed by atoms with Crippen LogP contribution in [0.3, 0.4) is 0 Å². The van der Waals surface area contributed by atoms with Crippen LogP contribution in [0.1, 0.15) is 50.2 Å². The third-order valence-corrected chi connectivity index (χ3v) is 4.95. The summed E-state index contributed by atoms with van der Waals surface area (Å²) in [5.74, 6) is 1.70. The molecule has 0 saturated heterocycles. The highest BCUT2D eigenvalue weighted by molar-refractivity contribution is 7.09. The quantitative estimate of drug-likeness (QED) is 0.877. The molecule has 1 aliphatic carbocycles. The highest BCUT2D eigenvalue weighted by Crippen LogP contribution is 2.32. The number of hydrogen-bond acceptors (Lipinski definition) is 3. The monoisotopic (exact) mass is 266 g/mol. The molecule has 2 unspecified atom stereocenters. The molecule has 0 bridgehead atoms. The predicted octanol–water partition coefficient (Wildman–Crippen LogP) is 3.80. The number of hydrogen-bond donors (Lipinski definition) is 1. The number of thiazole rings is 1. The van der Waals surface area contributed by atoms with Crippen LogP contribution in [0.15, 0.2) is 5.38 Å². The average Bonchev–Trinajstić information content (AvgIpc) is 2.73. The van der Waals surface area contributed by atoms with Crippen molar-refractivity contribution in [1.29, 1.82) is 0 Å². The lowest BCUT2D eigenvalue weighted by Crippen LogP contribution is -2.34. The van der Waals surface area contributed by atoms with E-state index in [4.69, 9.17) is 0 Å². The molecule has 1 aliphatic rings. The Labute approximate surface area is 115 Å². The predicted molar refractivity (Wildman–Crippen MR) is 79.1 cm³/mol. The fraction of sp³-hybridized carbons (Fsp3) is 0.800. The van der Waals surface area contributed by atoms with Gasteiger partial charge in [-0.2, -0.15) is 0 Å². The van der Waals surface area contributed by atoms with Crippen molar-refractivity contribution in [3.05, 3.63) is 16.1 Å². The van der Waals surface area contributed by atoms with Gasteiger partial charge < -0.3 is 5.32 Å². The lowest BCUT2D eigenvalue weighted by molar-refractivity contribution is 0.224. The summed E-state index contributed by atoms with van der Waals surface area (Å²) in [6.45, 7) is 7.76. The standard InChI is InChI=1S/C15H26N2S/c1-11(2)16-9-14-7-5-4-6-13(14)8-15-17-12(3)10-18-15/h10-11,13-14,16H,4-9H2,1-3H3. The van der Waals surface area contributed by atoms with Crippen LogP contribution in [0.5, 0.6) is 0 Å². The van der Waals surface area contributed by atoms with Gasteiger partial charge in [-0.05, 0) is 38.1 Å². The number of rotatable bonds is 5. The smallest absolute Gasteiger partial charge is 0.0930 e. The van der Waals surface area contributed by atoms with Crippen LogP contribution in [0.4, 0.5) is 0 Å². The van der Waals surface area contributed by atoms with Gasteiger partial charge in [-0.25, -0.2) is 4.98 Å². The fourth-order valence-corrected chi connectivity index (χ4v) is 3.80. The van der Waals surface area contributed by atoms with Crippen molar-refractivity contribution in [1.82, 2.24) is 10.3 Å². The molecule has 1 saturated carbocycles. The summed E-state index contributed by atoms with van der Waals surface area (Å²) in [5.41, 5.74) is 1.18. The summed E-state index contributed by atoms with van der Waals surface area (Å²) in [5, 5.41) is 7.14. The van der Waals surface area contributed by atoms with Gasteiger partial charge in [-0.3, -0.25) is 0 Å². The van der Waals surface area contributed by atoms with Crippen LogP contribution < -0.4 is 5.32 Å². The summed E-state index contributed by atoms with van der Waals surface area (Å²) in [6, 6.07) is 0.606. The molecule has 0 spiro atoms. The molecule has 2 rings (SSSR count). The van der Waals surface area contributed by atoms with Gasteiger partial charge >= 0.3 is 0 Å². The van der Waals surface area contributed by atoms with Crippen molar-refractivity contribution < 1.29 is 0 Å². The maximum atomic E-state index is 4.63. The molecule has 0 radical (unpaired) electrons. The molecule has 102 valence electrons. The topological polar surface area (TPSA) is 24.9 Å². The summed E-state index contributed by atoms with van der Waals surface area (Å²) in [7, 11) is 0. The van der Waals surface area contributed by atoms with Gasteiger partial charge in [-0.1, -0.05) is 26.7 Å². The molecule has 0 aliphatic heterocycles. The Morgan fingerprint density at radius 3 is 2.67 bits per heavy atom. The Morgan fingerprint density at radius 1 is 1.33 bits per heavy atom. The molecule has 0 amide bonds. The summed E-state index contributed by atoms with van der Waals surface area (Å²) < 4.78 is 0. The Balaban J connectivity index is 1.90. The number of nitrogens with zero attached hydrogens (tertiary/aromatic N) is 1. The van der Waals surface area contributed by atoms with E-state index in [2.05, 4.69) is 36.5 Å². The lowest BCUT2D eigenvalue weighted by Gasteiger charge is -2.32. The van der Waals surface area contributed by atoms with Crippen molar-refractivity contribution in [2.24, 2.45) is 11.8 Å². The highest BCUT2D eigenvalue weighted by atomic mass is 32.1. The molecule has 1 heterocycles. The van der Waals surface area contributed by atoms with E-state index < -0.39 is 0 Å². The zero-order chi connectivity index (χ0) is 13.0. The third-order valence-electron chi connectivity index (χ3n) is 3.96. The molecule has 0 aromatic carbocycles. The Kier molecular flexibility index (Phi) is 5.19. The van der Waals surface area contributed by atoms with Gasteiger partial charge in [0.05, 0.1) is 5.01 Å². The average molecular weight is 266 g/mol. The molecule has 1 fully saturated rings. The van der Waals surface area contributed by atoms with Crippen molar-refractivity contribution in [2.45, 2.75) is 58.9 Å². The second kappa shape index (κ2) is 6.67. The van der Waals surface area contributed by atoms with E-state index in [1.807, 2.05) is 11.3 Å². The van der Waals surface area contributed by atoms with Crippen molar-refractivity contribution >= 4 is 11.3 Å². The molecule has 2 nitrogen and oxygen atoms in total. The number of aryl methyl sites for hydroxylation is 1. The Bertz CT molecular complexity index is 359. The first kappa shape index (κ1) is 14.0. The molecule has 1 N–H and O–H groups in total. The minimum absolute atomic E-state index is 0.606. The van der Waals surface area contributed by atoms with Gasteiger partial charge in [0.25, 0.3) is 0 Å². The van der Waals surface area contributed by atoms with Crippen LogP contribution in [-0.4, -0.2) is 17.6 Å². The first-order valence-corrected chi connectivity index (χ1v) is 8.17. The van der Waals surface area contributed by atoms with E-state index >= 15 is 0 Å². The maximum absolute atomic E-state index is 4.63. The zero-order valence-electron chi connectivity index (χ0n) is 11.9. The van der Waals surface area contributed by atoms with Crippen LogP contribution in [0, 0.1) is 18.8 Å². The molecule has 2 atom stereocenters. The van der Waals surface area contributed by atoms with Crippen molar-refractivity contribution in [3.8, 4) is 0 Å². The van der Waals surface area contributed by atoms with Crippen molar-refractivity contribution in [2.75, 3.05) is 6.54 Å². The van der Waals surface area contributed by atoms with Crippen LogP contribution in [0.2, 0.25) is 0 Å². The maximum Gasteiger partial charge on any atom is 0.0930 e. The normalized spacial score (nSPS) is 24.7. The largest absolute Gasteiger partial charge is 0.314 e. The third kappa shape index (κ3) is 4.06. The second-order valence-electron chi connectivity index (χ2n) is 5.95. The first-order valence-electron chi connectivity index (χ1n) is 7.29. The van der Waals surface area contributed by atoms with Gasteiger partial charge in [0, 0.05) is 23.5 Å². The molecule has 1 aromatic heterocycles. The summed E-state index contributed by atoms with van der Waals surface area (Å²) in [6.07, 6.45) is 6.81. The molecular weight excluding hydrogens is 240 g/mol. The van der Waals surface area contributed by atoms with E-state index in [9.17, 15) is 0 Å². The zero-order valence-corrected chi connectivity index (χ0v) is 12.7. The van der Waals surface area contributed by atoms with Crippen LogP contribution >= 0.6 is 11.3 Å². The highest BCUT2D eigenvalue weighted by Gasteiger charge is 2.25. The summed E-state index contributed by atoms with van der Waals surface area (Å²) in [4.78, 5) is 4.63.